The van der Waals surface area contributed by atoms with Crippen molar-refractivity contribution in [2.75, 3.05) is 13.2 Å². The van der Waals surface area contributed by atoms with Crippen LogP contribution in [0.5, 0.6) is 5.75 Å². The number of hydrogen-bond donors (Lipinski definition) is 0. The van der Waals surface area contributed by atoms with Crippen LogP contribution < -0.4 is 4.74 Å². The predicted molar refractivity (Wildman–Crippen MR) is 69.6 cm³/mol. The van der Waals surface area contributed by atoms with Crippen molar-refractivity contribution in [2.24, 2.45) is 0 Å². The zero-order valence-electron chi connectivity index (χ0n) is 11.2. The Balaban J connectivity index is 1.97. The lowest BCUT2D eigenvalue weighted by molar-refractivity contribution is 0.202. The van der Waals surface area contributed by atoms with Gasteiger partial charge in [-0.25, -0.2) is 0 Å². The highest BCUT2D eigenvalue weighted by atomic mass is 16.6. The van der Waals surface area contributed by atoms with Crippen LogP contribution in [0.15, 0.2) is 24.3 Å². The molecule has 2 nitrogen and oxygen atoms in total. The van der Waals surface area contributed by atoms with Gasteiger partial charge < -0.3 is 9.47 Å². The zero-order chi connectivity index (χ0) is 12.5. The molecule has 0 amide bonds. The van der Waals surface area contributed by atoms with Crippen LogP contribution in [0.25, 0.3) is 0 Å². The molecule has 2 rings (SSSR count). The van der Waals surface area contributed by atoms with Gasteiger partial charge in [-0.3, -0.25) is 0 Å². The molecule has 1 aromatic carbocycles. The summed E-state index contributed by atoms with van der Waals surface area (Å²) in [5.41, 5.74) is 1.56. The van der Waals surface area contributed by atoms with Gasteiger partial charge in [0.25, 0.3) is 0 Å². The molecule has 1 atom stereocenters. The molecular weight excluding hydrogens is 212 g/mol. The lowest BCUT2D eigenvalue weighted by Crippen LogP contribution is -2.17. The van der Waals surface area contributed by atoms with Crippen LogP contribution in [0.2, 0.25) is 0 Å². The summed E-state index contributed by atoms with van der Waals surface area (Å²) < 4.78 is 11.0. The van der Waals surface area contributed by atoms with Gasteiger partial charge in [-0.2, -0.15) is 0 Å². The second-order valence-electron chi connectivity index (χ2n) is 5.79. The van der Waals surface area contributed by atoms with Crippen LogP contribution >= 0.6 is 0 Å². The summed E-state index contributed by atoms with van der Waals surface area (Å²) >= 11 is 0. The van der Waals surface area contributed by atoms with Crippen LogP contribution in [0.3, 0.4) is 0 Å². The molecule has 1 aliphatic heterocycles. The van der Waals surface area contributed by atoms with Crippen molar-refractivity contribution in [1.29, 1.82) is 0 Å². The van der Waals surface area contributed by atoms with Crippen LogP contribution in [-0.4, -0.2) is 18.8 Å². The Labute approximate surface area is 104 Å². The third-order valence-electron chi connectivity index (χ3n) is 3.70. The Morgan fingerprint density at radius 3 is 2.35 bits per heavy atom. The second kappa shape index (κ2) is 4.34. The summed E-state index contributed by atoms with van der Waals surface area (Å²) in [5.74, 6) is 0.928. The highest BCUT2D eigenvalue weighted by Crippen LogP contribution is 2.30. The SMILES string of the molecule is CCC(C)(C)c1ccc(OCC2(C)CO2)cc1. The maximum absolute atomic E-state index is 5.71. The predicted octanol–water partition coefficient (Wildman–Crippen LogP) is 3.54. The monoisotopic (exact) mass is 234 g/mol. The summed E-state index contributed by atoms with van der Waals surface area (Å²) in [6.07, 6.45) is 1.14. The largest absolute Gasteiger partial charge is 0.491 e. The van der Waals surface area contributed by atoms with E-state index in [4.69, 9.17) is 9.47 Å². The molecule has 0 spiro atoms. The maximum Gasteiger partial charge on any atom is 0.123 e. The Bertz CT molecular complexity index is 374. The van der Waals surface area contributed by atoms with E-state index < -0.39 is 0 Å². The number of rotatable bonds is 5. The molecule has 1 unspecified atom stereocenters. The molecule has 0 aromatic heterocycles. The minimum absolute atomic E-state index is 0.0403. The molecule has 94 valence electrons. The molecule has 1 aromatic rings. The standard InChI is InChI=1S/C15H22O2/c1-5-14(2,3)12-6-8-13(9-7-12)16-10-15(4)11-17-15/h6-9H,5,10-11H2,1-4H3. The van der Waals surface area contributed by atoms with E-state index in [0.29, 0.717) is 6.61 Å². The van der Waals surface area contributed by atoms with Gasteiger partial charge in [-0.1, -0.05) is 32.9 Å². The Hall–Kier alpha value is -1.02. The van der Waals surface area contributed by atoms with Gasteiger partial charge in [0, 0.05) is 0 Å². The average molecular weight is 234 g/mol. The van der Waals surface area contributed by atoms with Gasteiger partial charge in [0.1, 0.15) is 18.0 Å². The van der Waals surface area contributed by atoms with Crippen LogP contribution in [0.1, 0.15) is 39.7 Å². The molecule has 1 heterocycles. The highest BCUT2D eigenvalue weighted by molar-refractivity contribution is 5.31. The molecule has 0 bridgehead atoms. The maximum atomic E-state index is 5.71. The van der Waals surface area contributed by atoms with Gasteiger partial charge in [0.15, 0.2) is 0 Å². The Morgan fingerprint density at radius 1 is 1.29 bits per heavy atom. The van der Waals surface area contributed by atoms with Gasteiger partial charge >= 0.3 is 0 Å². The first-order valence-electron chi connectivity index (χ1n) is 6.32. The summed E-state index contributed by atoms with van der Waals surface area (Å²) in [6.45, 7) is 10.3. The molecule has 17 heavy (non-hydrogen) atoms. The van der Waals surface area contributed by atoms with Crippen molar-refractivity contribution in [3.8, 4) is 5.75 Å². The van der Waals surface area contributed by atoms with Crippen molar-refractivity contribution in [3.63, 3.8) is 0 Å². The Morgan fingerprint density at radius 2 is 1.88 bits per heavy atom. The summed E-state index contributed by atoms with van der Waals surface area (Å²) in [5, 5.41) is 0. The van der Waals surface area contributed by atoms with E-state index in [1.807, 2.05) is 0 Å². The lowest BCUT2D eigenvalue weighted by Gasteiger charge is -2.23. The van der Waals surface area contributed by atoms with Gasteiger partial charge in [-0.15, -0.1) is 0 Å². The van der Waals surface area contributed by atoms with Gasteiger partial charge in [0.2, 0.25) is 0 Å². The molecule has 0 aliphatic carbocycles. The first-order chi connectivity index (χ1) is 7.95. The Kier molecular flexibility index (Phi) is 3.17. The van der Waals surface area contributed by atoms with E-state index in [1.54, 1.807) is 0 Å². The van der Waals surface area contributed by atoms with Crippen molar-refractivity contribution >= 4 is 0 Å². The number of benzene rings is 1. The van der Waals surface area contributed by atoms with E-state index in [1.165, 1.54) is 5.56 Å². The summed E-state index contributed by atoms with van der Waals surface area (Å²) in [6, 6.07) is 8.43. The van der Waals surface area contributed by atoms with Gasteiger partial charge in [-0.05, 0) is 36.5 Å². The van der Waals surface area contributed by atoms with E-state index in [0.717, 1.165) is 18.8 Å². The van der Waals surface area contributed by atoms with E-state index in [2.05, 4.69) is 52.0 Å². The number of hydrogen-bond acceptors (Lipinski definition) is 2. The smallest absolute Gasteiger partial charge is 0.123 e. The zero-order valence-corrected chi connectivity index (χ0v) is 11.2. The minimum Gasteiger partial charge on any atom is -0.491 e. The van der Waals surface area contributed by atoms with Crippen molar-refractivity contribution in [3.05, 3.63) is 29.8 Å². The fourth-order valence-corrected chi connectivity index (χ4v) is 1.65. The second-order valence-corrected chi connectivity index (χ2v) is 5.79. The first-order valence-corrected chi connectivity index (χ1v) is 6.32. The van der Waals surface area contributed by atoms with Crippen molar-refractivity contribution < 1.29 is 9.47 Å². The summed E-state index contributed by atoms with van der Waals surface area (Å²) in [4.78, 5) is 0. The molecular formula is C15H22O2. The van der Waals surface area contributed by atoms with Crippen molar-refractivity contribution in [2.45, 2.75) is 45.1 Å². The fourth-order valence-electron chi connectivity index (χ4n) is 1.65. The molecule has 0 N–H and O–H groups in total. The van der Waals surface area contributed by atoms with Gasteiger partial charge in [0.05, 0.1) is 6.61 Å². The third-order valence-corrected chi connectivity index (χ3v) is 3.70. The van der Waals surface area contributed by atoms with Crippen LogP contribution in [0, 0.1) is 0 Å². The molecule has 0 saturated carbocycles. The molecule has 2 heteroatoms. The lowest BCUT2D eigenvalue weighted by atomic mass is 9.82. The van der Waals surface area contributed by atoms with E-state index in [-0.39, 0.29) is 11.0 Å². The molecule has 1 fully saturated rings. The fraction of sp³-hybridized carbons (Fsp3) is 0.600. The van der Waals surface area contributed by atoms with Crippen molar-refractivity contribution in [1.82, 2.24) is 0 Å². The molecule has 0 radical (unpaired) electrons. The normalized spacial score (nSPS) is 23.5. The average Bonchev–Trinajstić information content (AvgIpc) is 3.06. The topological polar surface area (TPSA) is 21.8 Å². The van der Waals surface area contributed by atoms with E-state index >= 15 is 0 Å². The highest BCUT2D eigenvalue weighted by Gasteiger charge is 2.40. The van der Waals surface area contributed by atoms with Crippen LogP contribution in [-0.2, 0) is 10.2 Å². The summed E-state index contributed by atoms with van der Waals surface area (Å²) in [7, 11) is 0. The number of ether oxygens (including phenoxy) is 2. The molecule has 1 saturated heterocycles. The quantitative estimate of drug-likeness (QED) is 0.727. The number of epoxide rings is 1. The minimum atomic E-state index is -0.0403. The van der Waals surface area contributed by atoms with Crippen LogP contribution in [0.4, 0.5) is 0 Å². The van der Waals surface area contributed by atoms with E-state index in [9.17, 15) is 0 Å². The molecule has 1 aliphatic rings. The first kappa shape index (κ1) is 12.4. The third kappa shape index (κ3) is 3.01.